The number of esters is 1. The lowest BCUT2D eigenvalue weighted by Crippen LogP contribution is -2.35. The molecule has 1 atom stereocenters. The van der Waals surface area contributed by atoms with Gasteiger partial charge in [0, 0.05) is 21.7 Å². The summed E-state index contributed by atoms with van der Waals surface area (Å²) in [6.07, 6.45) is 0.609. The van der Waals surface area contributed by atoms with E-state index in [4.69, 9.17) is 16.3 Å². The maximum absolute atomic E-state index is 12.5. The summed E-state index contributed by atoms with van der Waals surface area (Å²) < 4.78 is 6.04. The third-order valence-corrected chi connectivity index (χ3v) is 6.39. The van der Waals surface area contributed by atoms with E-state index >= 15 is 0 Å². The topological polar surface area (TPSA) is 97.4 Å². The van der Waals surface area contributed by atoms with Crippen molar-refractivity contribution >= 4 is 67.4 Å². The molecular weight excluding hydrogens is 450 g/mol. The van der Waals surface area contributed by atoms with Crippen LogP contribution in [0.2, 0.25) is 5.02 Å². The molecule has 0 radical (unpaired) electrons. The quantitative estimate of drug-likeness (QED) is 0.409. The van der Waals surface area contributed by atoms with Gasteiger partial charge in [0.05, 0.1) is 16.2 Å². The number of anilines is 1. The van der Waals surface area contributed by atoms with E-state index in [0.29, 0.717) is 15.6 Å². The van der Waals surface area contributed by atoms with Crippen LogP contribution in [0, 0.1) is 0 Å². The maximum atomic E-state index is 12.5. The molecule has 2 aromatic heterocycles. The second kappa shape index (κ2) is 9.33. The van der Waals surface area contributed by atoms with E-state index in [1.54, 1.807) is 24.4 Å². The van der Waals surface area contributed by atoms with E-state index < -0.39 is 23.9 Å². The molecule has 32 heavy (non-hydrogen) atoms. The van der Waals surface area contributed by atoms with Crippen molar-refractivity contribution in [2.45, 2.75) is 13.0 Å². The summed E-state index contributed by atoms with van der Waals surface area (Å²) >= 11 is 7.53. The summed E-state index contributed by atoms with van der Waals surface area (Å²) in [6, 6.07) is 16.3. The molecule has 2 N–H and O–H groups in total. The molecule has 1 unspecified atom stereocenters. The van der Waals surface area contributed by atoms with Gasteiger partial charge >= 0.3 is 5.97 Å². The fourth-order valence-corrected chi connectivity index (χ4v) is 4.57. The van der Waals surface area contributed by atoms with Crippen molar-refractivity contribution in [3.63, 3.8) is 0 Å². The highest BCUT2D eigenvalue weighted by molar-refractivity contribution is 7.21. The number of aromatic nitrogens is 1. The molecule has 4 rings (SSSR count). The van der Waals surface area contributed by atoms with Crippen molar-refractivity contribution in [2.24, 2.45) is 0 Å². The van der Waals surface area contributed by atoms with Crippen LogP contribution in [0.5, 0.6) is 0 Å². The first-order chi connectivity index (χ1) is 15.4. The molecule has 0 aliphatic carbocycles. The van der Waals surface area contributed by atoms with Gasteiger partial charge in [0.25, 0.3) is 11.8 Å². The summed E-state index contributed by atoms with van der Waals surface area (Å²) in [6.45, 7) is 1.07. The molecular formula is C23H18ClN3O4S. The molecule has 162 valence electrons. The molecule has 4 aromatic rings. The van der Waals surface area contributed by atoms with Gasteiger partial charge in [0.2, 0.25) is 0 Å². The number of hydrogen-bond acceptors (Lipinski definition) is 6. The molecule has 0 bridgehead atoms. The number of pyridine rings is 1. The van der Waals surface area contributed by atoms with Gasteiger partial charge in [-0.1, -0.05) is 35.9 Å². The van der Waals surface area contributed by atoms with Crippen LogP contribution in [0.15, 0.2) is 60.8 Å². The zero-order valence-corrected chi connectivity index (χ0v) is 18.5. The highest BCUT2D eigenvalue weighted by atomic mass is 35.5. The fourth-order valence-electron chi connectivity index (χ4n) is 3.13. The minimum atomic E-state index is -1.06. The minimum Gasteiger partial charge on any atom is -0.451 e. The molecule has 0 saturated heterocycles. The van der Waals surface area contributed by atoms with E-state index in [-0.39, 0.29) is 6.54 Å². The molecule has 2 amide bonds. The molecule has 0 aliphatic heterocycles. The lowest BCUT2D eigenvalue weighted by atomic mass is 10.2. The highest BCUT2D eigenvalue weighted by Crippen LogP contribution is 2.34. The molecule has 2 aromatic carbocycles. The van der Waals surface area contributed by atoms with Crippen molar-refractivity contribution in [3.05, 3.63) is 70.7 Å². The van der Waals surface area contributed by atoms with Gasteiger partial charge in [-0.25, -0.2) is 0 Å². The molecule has 7 nitrogen and oxygen atoms in total. The Hall–Kier alpha value is -3.49. The van der Waals surface area contributed by atoms with Crippen molar-refractivity contribution in [3.8, 4) is 0 Å². The average Bonchev–Trinajstić information content (AvgIpc) is 3.14. The fraction of sp³-hybridized carbons (Fsp3) is 0.130. The largest absolute Gasteiger partial charge is 0.451 e. The molecule has 0 spiro atoms. The lowest BCUT2D eigenvalue weighted by molar-refractivity contribution is -0.152. The first-order valence-electron chi connectivity index (χ1n) is 9.73. The van der Waals surface area contributed by atoms with Gasteiger partial charge in [-0.15, -0.1) is 11.3 Å². The second-order valence-electron chi connectivity index (χ2n) is 6.92. The van der Waals surface area contributed by atoms with E-state index in [1.807, 2.05) is 36.4 Å². The number of ether oxygens (including phenoxy) is 1. The van der Waals surface area contributed by atoms with Crippen LogP contribution in [-0.4, -0.2) is 35.4 Å². The molecule has 0 saturated carbocycles. The third-order valence-electron chi connectivity index (χ3n) is 4.72. The van der Waals surface area contributed by atoms with E-state index in [2.05, 4.69) is 15.6 Å². The van der Waals surface area contributed by atoms with Crippen LogP contribution in [0.1, 0.15) is 16.6 Å². The first-order valence-corrected chi connectivity index (χ1v) is 10.9. The van der Waals surface area contributed by atoms with Gasteiger partial charge in [0.15, 0.2) is 6.10 Å². The summed E-state index contributed by atoms with van der Waals surface area (Å²) in [5, 5.41) is 7.13. The number of benzene rings is 2. The number of hydrogen-bond donors (Lipinski definition) is 2. The number of rotatable bonds is 6. The van der Waals surface area contributed by atoms with E-state index in [0.717, 1.165) is 21.0 Å². The number of carbonyl (C=O) groups is 3. The number of halogens is 1. The highest BCUT2D eigenvalue weighted by Gasteiger charge is 2.21. The Bertz CT molecular complexity index is 1330. The van der Waals surface area contributed by atoms with Gasteiger partial charge in [-0.3, -0.25) is 19.4 Å². The van der Waals surface area contributed by atoms with Crippen LogP contribution >= 0.6 is 22.9 Å². The number of thiophene rings is 1. The van der Waals surface area contributed by atoms with E-state index in [1.165, 1.54) is 18.3 Å². The first kappa shape index (κ1) is 21.7. The summed E-state index contributed by atoms with van der Waals surface area (Å²) in [5.41, 5.74) is 1.30. The number of fused-ring (bicyclic) bond motifs is 2. The Morgan fingerprint density at radius 1 is 1.06 bits per heavy atom. The Morgan fingerprint density at radius 2 is 1.84 bits per heavy atom. The number of nitrogens with one attached hydrogen (secondary N) is 2. The number of amides is 2. The predicted molar refractivity (Wildman–Crippen MR) is 125 cm³/mol. The van der Waals surface area contributed by atoms with Gasteiger partial charge in [-0.05, 0) is 37.3 Å². The zero-order chi connectivity index (χ0) is 22.7. The number of carbonyl (C=O) groups excluding carboxylic acids is 3. The Balaban J connectivity index is 1.33. The Morgan fingerprint density at radius 3 is 2.66 bits per heavy atom. The second-order valence-corrected chi connectivity index (χ2v) is 8.35. The van der Waals surface area contributed by atoms with Crippen LogP contribution in [0.25, 0.3) is 21.0 Å². The van der Waals surface area contributed by atoms with Gasteiger partial charge in [0.1, 0.15) is 11.4 Å². The van der Waals surface area contributed by atoms with Crippen LogP contribution < -0.4 is 10.6 Å². The normalized spacial score (nSPS) is 11.8. The van der Waals surface area contributed by atoms with Crippen molar-refractivity contribution in [2.75, 3.05) is 11.9 Å². The van der Waals surface area contributed by atoms with E-state index in [9.17, 15) is 14.4 Å². The number of nitrogens with zero attached hydrogens (tertiary/aromatic N) is 1. The average molecular weight is 468 g/mol. The third kappa shape index (κ3) is 4.56. The Labute approximate surface area is 192 Å². The lowest BCUT2D eigenvalue weighted by Gasteiger charge is -2.14. The summed E-state index contributed by atoms with van der Waals surface area (Å²) in [4.78, 5) is 41.6. The van der Waals surface area contributed by atoms with Gasteiger partial charge in [-0.2, -0.15) is 0 Å². The molecule has 2 heterocycles. The van der Waals surface area contributed by atoms with Crippen molar-refractivity contribution in [1.82, 2.24) is 10.3 Å². The van der Waals surface area contributed by atoms with Gasteiger partial charge < -0.3 is 15.4 Å². The van der Waals surface area contributed by atoms with Crippen LogP contribution in [-0.2, 0) is 14.3 Å². The maximum Gasteiger partial charge on any atom is 0.326 e. The summed E-state index contributed by atoms with van der Waals surface area (Å²) in [5.74, 6) is -1.71. The monoisotopic (exact) mass is 467 g/mol. The SMILES string of the molecule is CC(OC(=O)CNC(=O)c1sc2ccccc2c1Cl)C(=O)Nc1cccc2ncccc12. The molecule has 9 heteroatoms. The van der Waals surface area contributed by atoms with Crippen molar-refractivity contribution in [1.29, 1.82) is 0 Å². The van der Waals surface area contributed by atoms with Crippen LogP contribution in [0.3, 0.4) is 0 Å². The molecule has 0 aliphatic rings. The van der Waals surface area contributed by atoms with Crippen LogP contribution in [0.4, 0.5) is 5.69 Å². The Kier molecular flexibility index (Phi) is 6.34. The zero-order valence-electron chi connectivity index (χ0n) is 16.9. The predicted octanol–water partition coefficient (Wildman–Crippen LogP) is 4.40. The molecule has 0 fully saturated rings. The summed E-state index contributed by atoms with van der Waals surface area (Å²) in [7, 11) is 0. The smallest absolute Gasteiger partial charge is 0.326 e. The standard InChI is InChI=1S/C23H18ClN3O4S/c1-13(22(29)27-17-9-4-8-16-14(17)7-5-11-25-16)31-19(28)12-26-23(30)21-20(24)15-6-2-3-10-18(15)32-21/h2-11,13H,12H2,1H3,(H,26,30)(H,27,29). The van der Waals surface area contributed by atoms with Crippen molar-refractivity contribution < 1.29 is 19.1 Å². The minimum absolute atomic E-state index is 0.316.